The summed E-state index contributed by atoms with van der Waals surface area (Å²) in [6, 6.07) is 4.81. The van der Waals surface area contributed by atoms with Crippen LogP contribution < -0.4 is 10.6 Å². The van der Waals surface area contributed by atoms with Crippen LogP contribution in [0.25, 0.3) is 0 Å². The van der Waals surface area contributed by atoms with E-state index in [0.29, 0.717) is 12.0 Å². The predicted molar refractivity (Wildman–Crippen MR) is 304 cm³/mol. The van der Waals surface area contributed by atoms with Crippen LogP contribution in [0.4, 0.5) is 0 Å². The molecule has 458 valence electrons. The number of nitrogens with one attached hydrogen (secondary N) is 2. The predicted octanol–water partition coefficient (Wildman–Crippen LogP) is 8.05. The van der Waals surface area contributed by atoms with Crippen LogP contribution in [-0.4, -0.2) is 152 Å². The molecule has 1 fully saturated rings. The molecule has 1 aliphatic rings. The monoisotopic (exact) mass is 1120 g/mol. The minimum atomic E-state index is -2.27. The Balaban J connectivity index is 1.86. The van der Waals surface area contributed by atoms with Crippen molar-refractivity contribution in [1.82, 2.24) is 10.6 Å². The van der Waals surface area contributed by atoms with Gasteiger partial charge in [-0.25, -0.2) is 4.79 Å². The van der Waals surface area contributed by atoms with Crippen LogP contribution in [-0.2, 0) is 39.9 Å². The number of carbonyl (C=O) groups excluding carboxylic acids is 4. The van der Waals surface area contributed by atoms with Crippen molar-refractivity contribution in [2.75, 3.05) is 26.4 Å². The van der Waals surface area contributed by atoms with Crippen molar-refractivity contribution >= 4 is 23.8 Å². The van der Waals surface area contributed by atoms with Gasteiger partial charge in [0, 0.05) is 18.5 Å². The number of aliphatic hydroxyl groups excluding tert-OH is 8. The third-order valence-corrected chi connectivity index (χ3v) is 15.0. The van der Waals surface area contributed by atoms with E-state index in [4.69, 9.17) is 18.9 Å². The molecule has 1 aromatic rings. The highest BCUT2D eigenvalue weighted by atomic mass is 16.7. The molecule has 1 saturated heterocycles. The van der Waals surface area contributed by atoms with Crippen LogP contribution in [0.3, 0.4) is 0 Å². The molecule has 79 heavy (non-hydrogen) atoms. The van der Waals surface area contributed by atoms with Crippen LogP contribution >= 0.6 is 0 Å². The van der Waals surface area contributed by atoms with E-state index in [0.717, 1.165) is 38.5 Å². The number of hydrogen-bond donors (Lipinski definition) is 10. The maximum atomic E-state index is 13.5. The van der Waals surface area contributed by atoms with Crippen LogP contribution in [0.2, 0.25) is 0 Å². The standard InChI is InChI=1S/C61H108N2O16/c1-3-5-7-9-11-13-15-17-19-21-23-25-27-29-31-33-41-76-51(67)40-39-48(60(75)77-42-34-32-30-28-26-24-22-20-18-16-14-12-10-8-6-4-2)63-58(73)47-37-35-46(36-38-47)43-62-59(74)55(71)54(70)57(49(66)44-64)79-61-56(72)53(69)52(68)50(45-65)78-61/h35-38,48-50,52-57,61,64-66,68-72H,3-34,39-45H2,1-2H3,(H,62,74)(H,63,73)/t48-,49+,50+,52-,53-,54+,55+,56+,57?,61?/m0/s1. The zero-order valence-electron chi connectivity index (χ0n) is 48.5. The summed E-state index contributed by atoms with van der Waals surface area (Å²) in [6.07, 6.45) is 22.0. The smallest absolute Gasteiger partial charge is 0.328 e. The summed E-state index contributed by atoms with van der Waals surface area (Å²) < 4.78 is 21.8. The zero-order valence-corrected chi connectivity index (χ0v) is 48.5. The van der Waals surface area contributed by atoms with Crippen molar-refractivity contribution < 1.29 is 79.0 Å². The summed E-state index contributed by atoms with van der Waals surface area (Å²) in [5, 5.41) is 86.7. The van der Waals surface area contributed by atoms with Crippen molar-refractivity contribution in [2.45, 2.75) is 300 Å². The SMILES string of the molecule is CCCCCCCCCCCCCCCCCCOC(=O)CC[C@H](NC(=O)c1ccc(CNC(=O)[C@H](O)[C@@H](O)C(OC2O[C@H](CO)[C@H](O)[C@H](O)[C@H]2O)[C@H](O)CO)cc1)C(=O)OCCCCCCCCCCCCCCCCCC. The summed E-state index contributed by atoms with van der Waals surface area (Å²) in [5.41, 5.74) is 0.622. The number of hydrogen-bond acceptors (Lipinski definition) is 16. The van der Waals surface area contributed by atoms with Gasteiger partial charge in [0.25, 0.3) is 11.8 Å². The molecule has 18 heteroatoms. The Morgan fingerprint density at radius 2 is 1.00 bits per heavy atom. The highest BCUT2D eigenvalue weighted by molar-refractivity contribution is 5.97. The second-order valence-electron chi connectivity index (χ2n) is 22.0. The maximum absolute atomic E-state index is 13.5. The molecule has 1 heterocycles. The first kappa shape index (κ1) is 71.8. The topological polar surface area (TPSA) is 291 Å². The Hall–Kier alpha value is -3.30. The molecule has 1 aliphatic heterocycles. The molecule has 2 amide bonds. The number of ether oxygens (including phenoxy) is 4. The minimum absolute atomic E-state index is 0.0244. The van der Waals surface area contributed by atoms with E-state index in [1.807, 2.05) is 0 Å². The average molecular weight is 1130 g/mol. The van der Waals surface area contributed by atoms with E-state index >= 15 is 0 Å². The lowest BCUT2D eigenvalue weighted by Crippen LogP contribution is -2.62. The van der Waals surface area contributed by atoms with Gasteiger partial charge in [-0.15, -0.1) is 0 Å². The van der Waals surface area contributed by atoms with Gasteiger partial charge in [0.2, 0.25) is 0 Å². The fraction of sp³-hybridized carbons (Fsp3) is 0.836. The maximum Gasteiger partial charge on any atom is 0.328 e. The van der Waals surface area contributed by atoms with Gasteiger partial charge in [-0.2, -0.15) is 0 Å². The number of carbonyl (C=O) groups is 4. The largest absolute Gasteiger partial charge is 0.466 e. The summed E-state index contributed by atoms with van der Waals surface area (Å²) in [4.78, 5) is 52.8. The van der Waals surface area contributed by atoms with Gasteiger partial charge in [0.15, 0.2) is 12.4 Å². The molecule has 18 nitrogen and oxygen atoms in total. The Morgan fingerprint density at radius 3 is 1.43 bits per heavy atom. The Labute approximate surface area is 473 Å². The van der Waals surface area contributed by atoms with Gasteiger partial charge < -0.3 is 70.4 Å². The number of amides is 2. The number of unbranched alkanes of at least 4 members (excludes halogenated alkanes) is 30. The van der Waals surface area contributed by atoms with Crippen LogP contribution in [0.5, 0.6) is 0 Å². The first-order valence-electron chi connectivity index (χ1n) is 30.9. The van der Waals surface area contributed by atoms with Crippen LogP contribution in [0.1, 0.15) is 248 Å². The van der Waals surface area contributed by atoms with Crippen molar-refractivity contribution in [1.29, 1.82) is 0 Å². The van der Waals surface area contributed by atoms with Crippen molar-refractivity contribution in [2.24, 2.45) is 0 Å². The average Bonchev–Trinajstić information content (AvgIpc) is 3.47. The zero-order chi connectivity index (χ0) is 57.9. The Morgan fingerprint density at radius 1 is 0.570 bits per heavy atom. The van der Waals surface area contributed by atoms with E-state index in [2.05, 4.69) is 24.5 Å². The van der Waals surface area contributed by atoms with E-state index in [9.17, 15) is 60.0 Å². The third-order valence-electron chi connectivity index (χ3n) is 15.0. The fourth-order valence-electron chi connectivity index (χ4n) is 9.82. The lowest BCUT2D eigenvalue weighted by Gasteiger charge is -2.42. The molecule has 0 spiro atoms. The first-order valence-corrected chi connectivity index (χ1v) is 30.9. The Kier molecular flexibility index (Phi) is 42.0. The quantitative estimate of drug-likeness (QED) is 0.0218. The highest BCUT2D eigenvalue weighted by Gasteiger charge is 2.47. The van der Waals surface area contributed by atoms with Crippen molar-refractivity contribution in [3.8, 4) is 0 Å². The van der Waals surface area contributed by atoms with E-state index < -0.39 is 98.1 Å². The fourth-order valence-corrected chi connectivity index (χ4v) is 9.82. The molecule has 10 atom stereocenters. The molecule has 1 aromatic carbocycles. The molecule has 2 rings (SSSR count). The first-order chi connectivity index (χ1) is 38.3. The van der Waals surface area contributed by atoms with Gasteiger partial charge in [0.1, 0.15) is 48.8 Å². The molecule has 10 N–H and O–H groups in total. The Bertz CT molecular complexity index is 1690. The molecule has 0 radical (unpaired) electrons. The van der Waals surface area contributed by atoms with Gasteiger partial charge >= 0.3 is 11.9 Å². The van der Waals surface area contributed by atoms with Gasteiger partial charge in [-0.05, 0) is 37.0 Å². The molecule has 0 saturated carbocycles. The van der Waals surface area contributed by atoms with Gasteiger partial charge in [0.05, 0.1) is 26.4 Å². The summed E-state index contributed by atoms with van der Waals surface area (Å²) in [5.74, 6) is -2.84. The number of esters is 2. The lowest BCUT2D eigenvalue weighted by atomic mass is 9.98. The van der Waals surface area contributed by atoms with E-state index in [-0.39, 0.29) is 38.2 Å². The normalized spacial score (nSPS) is 19.3. The molecular formula is C61H108N2O16. The highest BCUT2D eigenvalue weighted by Crippen LogP contribution is 2.26. The van der Waals surface area contributed by atoms with Crippen molar-refractivity contribution in [3.05, 3.63) is 35.4 Å². The minimum Gasteiger partial charge on any atom is -0.466 e. The molecule has 0 aliphatic carbocycles. The van der Waals surface area contributed by atoms with Crippen molar-refractivity contribution in [3.63, 3.8) is 0 Å². The van der Waals surface area contributed by atoms with Crippen LogP contribution in [0.15, 0.2) is 24.3 Å². The van der Waals surface area contributed by atoms with Gasteiger partial charge in [-0.1, -0.05) is 219 Å². The van der Waals surface area contributed by atoms with Crippen LogP contribution in [0, 0.1) is 0 Å². The number of benzene rings is 1. The molecular weight excluding hydrogens is 1020 g/mol. The van der Waals surface area contributed by atoms with E-state index in [1.54, 1.807) is 0 Å². The number of aliphatic hydroxyl groups is 8. The van der Waals surface area contributed by atoms with Gasteiger partial charge in [-0.3, -0.25) is 14.4 Å². The second-order valence-corrected chi connectivity index (χ2v) is 22.0. The molecule has 0 aromatic heterocycles. The van der Waals surface area contributed by atoms with E-state index in [1.165, 1.54) is 185 Å². The second kappa shape index (κ2) is 46.2. The summed E-state index contributed by atoms with van der Waals surface area (Å²) in [6.45, 7) is 2.94. The number of rotatable bonds is 50. The lowest BCUT2D eigenvalue weighted by molar-refractivity contribution is -0.326. The summed E-state index contributed by atoms with van der Waals surface area (Å²) in [7, 11) is 0. The third kappa shape index (κ3) is 32.2. The molecule has 0 bridgehead atoms. The summed E-state index contributed by atoms with van der Waals surface area (Å²) >= 11 is 0. The molecule has 2 unspecified atom stereocenters.